The molecule has 122 valence electrons. The fourth-order valence-electron chi connectivity index (χ4n) is 3.26. The molecule has 24 heavy (non-hydrogen) atoms. The van der Waals surface area contributed by atoms with Gasteiger partial charge in [0.05, 0.1) is 11.8 Å². The first kappa shape index (κ1) is 15.4. The molecule has 2 atom stereocenters. The topological polar surface area (TPSA) is 39.9 Å². The van der Waals surface area contributed by atoms with Crippen LogP contribution in [-0.4, -0.2) is 20.6 Å². The van der Waals surface area contributed by atoms with E-state index in [1.807, 2.05) is 37.4 Å². The molecule has 1 fully saturated rings. The standard InChI is InChI=1S/C19H18ClN3O/c1-12(14-3-5-15(20)6-4-14)17-7-8-18(24-17)23-10-9-16-13(2)21-11-22-19(16)23/h3-6,9-11,17-18H,1,7-8H2,2H3. The number of rotatable bonds is 3. The van der Waals surface area contributed by atoms with Crippen LogP contribution in [0.5, 0.6) is 0 Å². The molecule has 2 aromatic heterocycles. The van der Waals surface area contributed by atoms with Crippen molar-refractivity contribution in [1.82, 2.24) is 14.5 Å². The van der Waals surface area contributed by atoms with E-state index in [9.17, 15) is 0 Å². The van der Waals surface area contributed by atoms with Crippen LogP contribution in [0.25, 0.3) is 16.6 Å². The lowest BCUT2D eigenvalue weighted by molar-refractivity contribution is 0.0307. The van der Waals surface area contributed by atoms with Crippen molar-refractivity contribution in [3.05, 3.63) is 65.7 Å². The minimum absolute atomic E-state index is 0.0107. The molecule has 0 aliphatic carbocycles. The van der Waals surface area contributed by atoms with Gasteiger partial charge in [0, 0.05) is 16.6 Å². The number of hydrogen-bond donors (Lipinski definition) is 0. The van der Waals surface area contributed by atoms with E-state index in [4.69, 9.17) is 16.3 Å². The monoisotopic (exact) mass is 339 g/mol. The third-order valence-electron chi connectivity index (χ3n) is 4.62. The third kappa shape index (κ3) is 2.62. The Morgan fingerprint density at radius 3 is 2.79 bits per heavy atom. The van der Waals surface area contributed by atoms with E-state index in [1.54, 1.807) is 6.33 Å². The summed E-state index contributed by atoms with van der Waals surface area (Å²) >= 11 is 5.96. The van der Waals surface area contributed by atoms with Crippen LogP contribution >= 0.6 is 11.6 Å². The van der Waals surface area contributed by atoms with Crippen LogP contribution in [0.1, 0.15) is 30.3 Å². The fraction of sp³-hybridized carbons (Fsp3) is 0.263. The number of halogens is 1. The lowest BCUT2D eigenvalue weighted by atomic mass is 10.0. The summed E-state index contributed by atoms with van der Waals surface area (Å²) in [6.45, 7) is 6.22. The van der Waals surface area contributed by atoms with Gasteiger partial charge in [-0.2, -0.15) is 0 Å². The van der Waals surface area contributed by atoms with E-state index in [0.29, 0.717) is 0 Å². The van der Waals surface area contributed by atoms with Gasteiger partial charge in [-0.1, -0.05) is 30.3 Å². The number of nitrogens with zero attached hydrogens (tertiary/aromatic N) is 3. The Bertz CT molecular complexity index is 901. The SMILES string of the molecule is C=C(c1ccc(Cl)cc1)C1CCC(n2ccc3c(C)ncnc32)O1. The van der Waals surface area contributed by atoms with Crippen molar-refractivity contribution in [2.45, 2.75) is 32.1 Å². The molecule has 3 heterocycles. The molecule has 1 aliphatic heterocycles. The first-order valence-electron chi connectivity index (χ1n) is 8.02. The second-order valence-electron chi connectivity index (χ2n) is 6.11. The summed E-state index contributed by atoms with van der Waals surface area (Å²) in [5.74, 6) is 0. The summed E-state index contributed by atoms with van der Waals surface area (Å²) in [5, 5.41) is 1.80. The van der Waals surface area contributed by atoms with Gasteiger partial charge >= 0.3 is 0 Å². The van der Waals surface area contributed by atoms with Crippen LogP contribution in [0.2, 0.25) is 5.02 Å². The molecule has 4 rings (SSSR count). The van der Waals surface area contributed by atoms with Gasteiger partial charge in [0.25, 0.3) is 0 Å². The average Bonchev–Trinajstić information content (AvgIpc) is 3.22. The highest BCUT2D eigenvalue weighted by atomic mass is 35.5. The maximum absolute atomic E-state index is 6.27. The molecule has 4 nitrogen and oxygen atoms in total. The third-order valence-corrected chi connectivity index (χ3v) is 4.87. The zero-order valence-corrected chi connectivity index (χ0v) is 14.2. The highest BCUT2D eigenvalue weighted by Gasteiger charge is 2.29. The summed E-state index contributed by atoms with van der Waals surface area (Å²) in [5.41, 5.74) is 3.97. The highest BCUT2D eigenvalue weighted by molar-refractivity contribution is 6.30. The minimum atomic E-state index is -0.0224. The largest absolute Gasteiger partial charge is 0.350 e. The van der Waals surface area contributed by atoms with Gasteiger partial charge in [-0.25, -0.2) is 9.97 Å². The fourth-order valence-corrected chi connectivity index (χ4v) is 3.39. The van der Waals surface area contributed by atoms with Crippen LogP contribution in [-0.2, 0) is 4.74 Å². The molecular weight excluding hydrogens is 322 g/mol. The molecule has 0 spiro atoms. The van der Waals surface area contributed by atoms with Crippen LogP contribution in [0.3, 0.4) is 0 Å². The zero-order valence-electron chi connectivity index (χ0n) is 13.4. The Morgan fingerprint density at radius 1 is 1.21 bits per heavy atom. The van der Waals surface area contributed by atoms with Crippen LogP contribution in [0, 0.1) is 6.92 Å². The summed E-state index contributed by atoms with van der Waals surface area (Å²) in [4.78, 5) is 8.67. The number of aryl methyl sites for hydroxylation is 1. The average molecular weight is 340 g/mol. The van der Waals surface area contributed by atoms with Crippen LogP contribution < -0.4 is 0 Å². The Labute approximate surface area is 145 Å². The molecule has 1 saturated heterocycles. The van der Waals surface area contributed by atoms with Gasteiger partial charge < -0.3 is 9.30 Å². The number of ether oxygens (including phenoxy) is 1. The number of fused-ring (bicyclic) bond motifs is 1. The lowest BCUT2D eigenvalue weighted by Crippen LogP contribution is -2.12. The second-order valence-corrected chi connectivity index (χ2v) is 6.54. The van der Waals surface area contributed by atoms with Crippen molar-refractivity contribution >= 4 is 28.2 Å². The Hall–Kier alpha value is -2.17. The normalized spacial score (nSPS) is 20.6. The number of benzene rings is 1. The number of aromatic nitrogens is 3. The first-order chi connectivity index (χ1) is 11.6. The van der Waals surface area contributed by atoms with Crippen LogP contribution in [0.4, 0.5) is 0 Å². The van der Waals surface area contributed by atoms with Crippen molar-refractivity contribution < 1.29 is 4.74 Å². The molecule has 5 heteroatoms. The van der Waals surface area contributed by atoms with Gasteiger partial charge in [-0.05, 0) is 49.1 Å². The molecule has 3 aromatic rings. The Kier molecular flexibility index (Phi) is 3.87. The van der Waals surface area contributed by atoms with E-state index in [2.05, 4.69) is 27.2 Å². The van der Waals surface area contributed by atoms with Gasteiger partial charge in [0.2, 0.25) is 0 Å². The van der Waals surface area contributed by atoms with Gasteiger partial charge in [0.1, 0.15) is 18.2 Å². The maximum atomic E-state index is 6.27. The quantitative estimate of drug-likeness (QED) is 0.689. The molecule has 2 unspecified atom stereocenters. The van der Waals surface area contributed by atoms with E-state index in [0.717, 1.165) is 45.7 Å². The lowest BCUT2D eigenvalue weighted by Gasteiger charge is -2.18. The summed E-state index contributed by atoms with van der Waals surface area (Å²) in [7, 11) is 0. The summed E-state index contributed by atoms with van der Waals surface area (Å²) < 4.78 is 8.37. The molecule has 0 bridgehead atoms. The summed E-state index contributed by atoms with van der Waals surface area (Å²) in [6, 6.07) is 9.79. The van der Waals surface area contributed by atoms with E-state index < -0.39 is 0 Å². The van der Waals surface area contributed by atoms with E-state index >= 15 is 0 Å². The smallest absolute Gasteiger partial charge is 0.145 e. The molecule has 1 aliphatic rings. The summed E-state index contributed by atoms with van der Waals surface area (Å²) in [6.07, 6.45) is 5.50. The highest BCUT2D eigenvalue weighted by Crippen LogP contribution is 2.36. The minimum Gasteiger partial charge on any atom is -0.350 e. The zero-order chi connectivity index (χ0) is 16.7. The van der Waals surface area contributed by atoms with E-state index in [-0.39, 0.29) is 12.3 Å². The number of hydrogen-bond acceptors (Lipinski definition) is 3. The molecule has 0 radical (unpaired) electrons. The Morgan fingerprint density at radius 2 is 2.00 bits per heavy atom. The molecular formula is C19H18ClN3O. The van der Waals surface area contributed by atoms with E-state index in [1.165, 1.54) is 0 Å². The van der Waals surface area contributed by atoms with Crippen molar-refractivity contribution in [1.29, 1.82) is 0 Å². The molecule has 1 aromatic carbocycles. The van der Waals surface area contributed by atoms with Crippen molar-refractivity contribution in [3.8, 4) is 0 Å². The molecule has 0 amide bonds. The maximum Gasteiger partial charge on any atom is 0.145 e. The van der Waals surface area contributed by atoms with Gasteiger partial charge in [-0.3, -0.25) is 0 Å². The van der Waals surface area contributed by atoms with Crippen molar-refractivity contribution in [2.24, 2.45) is 0 Å². The first-order valence-corrected chi connectivity index (χ1v) is 8.39. The second kappa shape index (κ2) is 6.04. The van der Waals surface area contributed by atoms with Crippen LogP contribution in [0.15, 0.2) is 49.4 Å². The molecule has 0 N–H and O–H groups in total. The predicted molar refractivity (Wildman–Crippen MR) is 95.9 cm³/mol. The van der Waals surface area contributed by atoms with Crippen molar-refractivity contribution in [3.63, 3.8) is 0 Å². The predicted octanol–water partition coefficient (Wildman–Crippen LogP) is 4.78. The van der Waals surface area contributed by atoms with Gasteiger partial charge in [-0.15, -0.1) is 0 Å². The Balaban J connectivity index is 1.56. The molecule has 0 saturated carbocycles. The van der Waals surface area contributed by atoms with Crippen molar-refractivity contribution in [2.75, 3.05) is 0 Å². The van der Waals surface area contributed by atoms with Gasteiger partial charge in [0.15, 0.2) is 0 Å².